The number of benzene rings is 1. The summed E-state index contributed by atoms with van der Waals surface area (Å²) in [6.45, 7) is 7.70. The maximum Gasteiger partial charge on any atom is 0.121 e. The van der Waals surface area contributed by atoms with Gasteiger partial charge in [-0.3, -0.25) is 0 Å². The van der Waals surface area contributed by atoms with E-state index >= 15 is 0 Å². The highest BCUT2D eigenvalue weighted by Gasteiger charge is 2.28. The molecule has 1 aliphatic rings. The molecule has 2 N–H and O–H groups in total. The Hall–Kier alpha value is -1.22. The van der Waals surface area contributed by atoms with Gasteiger partial charge in [-0.15, -0.1) is 0 Å². The molecule has 0 aliphatic heterocycles. The van der Waals surface area contributed by atoms with E-state index in [1.54, 1.807) is 0 Å². The Kier molecular flexibility index (Phi) is 5.08. The van der Waals surface area contributed by atoms with Crippen LogP contribution in [0.4, 0.5) is 5.69 Å². The quantitative estimate of drug-likeness (QED) is 0.578. The number of hydrogen-bond donors (Lipinski definition) is 1. The summed E-state index contributed by atoms with van der Waals surface area (Å²) >= 11 is 0. The van der Waals surface area contributed by atoms with E-state index in [1.165, 1.54) is 19.4 Å². The van der Waals surface area contributed by atoms with Gasteiger partial charge >= 0.3 is 0 Å². The zero-order chi connectivity index (χ0) is 13.7. The average molecular weight is 262 g/mol. The molecule has 1 fully saturated rings. The Morgan fingerprint density at radius 2 is 2.16 bits per heavy atom. The summed E-state index contributed by atoms with van der Waals surface area (Å²) in [7, 11) is 0. The van der Waals surface area contributed by atoms with Crippen LogP contribution in [0, 0.1) is 5.92 Å². The minimum absolute atomic E-state index is 0.746. The van der Waals surface area contributed by atoms with Crippen molar-refractivity contribution in [1.82, 2.24) is 4.90 Å². The first kappa shape index (κ1) is 14.2. The highest BCUT2D eigenvalue weighted by Crippen LogP contribution is 2.27. The number of nitrogens with two attached hydrogens (primary N) is 1. The Balaban J connectivity index is 1.67. The van der Waals surface area contributed by atoms with Crippen molar-refractivity contribution in [3.05, 3.63) is 24.3 Å². The maximum atomic E-state index is 5.74. The Bertz CT molecular complexity index is 388. The molecule has 19 heavy (non-hydrogen) atoms. The second-order valence-corrected chi connectivity index (χ2v) is 5.89. The fraction of sp³-hybridized carbons (Fsp3) is 0.625. The predicted molar refractivity (Wildman–Crippen MR) is 80.4 cm³/mol. The van der Waals surface area contributed by atoms with Gasteiger partial charge < -0.3 is 15.4 Å². The third-order valence-corrected chi connectivity index (χ3v) is 3.38. The first-order chi connectivity index (χ1) is 9.15. The summed E-state index contributed by atoms with van der Waals surface area (Å²) in [5, 5.41) is 0. The molecular formula is C16H26N2O. The number of nitrogens with zero attached hydrogens (tertiary/aromatic N) is 1. The third kappa shape index (κ3) is 5.11. The molecule has 0 spiro atoms. The molecule has 3 heteroatoms. The molecule has 0 amide bonds. The molecule has 0 unspecified atom stereocenters. The molecule has 106 valence electrons. The van der Waals surface area contributed by atoms with Crippen LogP contribution >= 0.6 is 0 Å². The summed E-state index contributed by atoms with van der Waals surface area (Å²) < 4.78 is 5.74. The van der Waals surface area contributed by atoms with Crippen LogP contribution in [-0.2, 0) is 0 Å². The van der Waals surface area contributed by atoms with Crippen molar-refractivity contribution >= 4 is 5.69 Å². The van der Waals surface area contributed by atoms with E-state index in [1.807, 2.05) is 24.3 Å². The summed E-state index contributed by atoms with van der Waals surface area (Å²) in [4.78, 5) is 2.62. The molecule has 0 radical (unpaired) electrons. The molecule has 0 saturated heterocycles. The number of hydrogen-bond acceptors (Lipinski definition) is 3. The Morgan fingerprint density at radius 1 is 1.37 bits per heavy atom. The molecule has 1 aromatic carbocycles. The van der Waals surface area contributed by atoms with Gasteiger partial charge in [-0.05, 0) is 37.3 Å². The number of nitrogen functional groups attached to an aromatic ring is 1. The second kappa shape index (κ2) is 6.80. The largest absolute Gasteiger partial charge is 0.493 e. The zero-order valence-electron chi connectivity index (χ0n) is 12.1. The lowest BCUT2D eigenvalue weighted by Crippen LogP contribution is -2.31. The first-order valence-corrected chi connectivity index (χ1v) is 7.37. The van der Waals surface area contributed by atoms with Crippen molar-refractivity contribution in [3.8, 4) is 5.75 Å². The van der Waals surface area contributed by atoms with Gasteiger partial charge in [0.25, 0.3) is 0 Å². The summed E-state index contributed by atoms with van der Waals surface area (Å²) in [5.74, 6) is 1.62. The first-order valence-electron chi connectivity index (χ1n) is 7.37. The van der Waals surface area contributed by atoms with Crippen LogP contribution in [0.5, 0.6) is 5.75 Å². The molecular weight excluding hydrogens is 236 g/mol. The minimum atomic E-state index is 0.746. The third-order valence-electron chi connectivity index (χ3n) is 3.38. The number of rotatable bonds is 8. The standard InChI is InChI=1S/C16H26N2O/c1-13(2)12-18(15-7-8-15)9-4-10-19-16-6-3-5-14(17)11-16/h3,5-6,11,13,15H,4,7-10,12,17H2,1-2H3. The summed E-state index contributed by atoms with van der Waals surface area (Å²) in [6.07, 6.45) is 3.84. The summed E-state index contributed by atoms with van der Waals surface area (Å²) in [5.41, 5.74) is 6.49. The van der Waals surface area contributed by atoms with Gasteiger partial charge in [-0.25, -0.2) is 0 Å². The van der Waals surface area contributed by atoms with Crippen molar-refractivity contribution in [2.45, 2.75) is 39.2 Å². The van der Waals surface area contributed by atoms with E-state index in [4.69, 9.17) is 10.5 Å². The van der Waals surface area contributed by atoms with Gasteiger partial charge in [-0.1, -0.05) is 19.9 Å². The van der Waals surface area contributed by atoms with Crippen molar-refractivity contribution in [1.29, 1.82) is 0 Å². The molecule has 1 aliphatic carbocycles. The fourth-order valence-electron chi connectivity index (χ4n) is 2.39. The van der Waals surface area contributed by atoms with Gasteiger partial charge in [0.15, 0.2) is 0 Å². The lowest BCUT2D eigenvalue weighted by atomic mass is 10.2. The van der Waals surface area contributed by atoms with E-state index < -0.39 is 0 Å². The van der Waals surface area contributed by atoms with Crippen molar-refractivity contribution < 1.29 is 4.74 Å². The normalized spacial score (nSPS) is 15.2. The summed E-state index contributed by atoms with van der Waals surface area (Å²) in [6, 6.07) is 8.50. The SMILES string of the molecule is CC(C)CN(CCCOc1cccc(N)c1)C1CC1. The fourth-order valence-corrected chi connectivity index (χ4v) is 2.39. The molecule has 1 aromatic rings. The molecule has 1 saturated carbocycles. The molecule has 2 rings (SSSR count). The van der Waals surface area contributed by atoms with Crippen LogP contribution in [-0.4, -0.2) is 30.6 Å². The second-order valence-electron chi connectivity index (χ2n) is 5.89. The minimum Gasteiger partial charge on any atom is -0.493 e. The molecule has 3 nitrogen and oxygen atoms in total. The maximum absolute atomic E-state index is 5.74. The van der Waals surface area contributed by atoms with Gasteiger partial charge in [-0.2, -0.15) is 0 Å². The van der Waals surface area contributed by atoms with E-state index in [2.05, 4.69) is 18.7 Å². The van der Waals surface area contributed by atoms with Crippen LogP contribution in [0.2, 0.25) is 0 Å². The smallest absolute Gasteiger partial charge is 0.121 e. The van der Waals surface area contributed by atoms with E-state index in [9.17, 15) is 0 Å². The monoisotopic (exact) mass is 262 g/mol. The van der Waals surface area contributed by atoms with Crippen LogP contribution in [0.3, 0.4) is 0 Å². The van der Waals surface area contributed by atoms with E-state index in [0.29, 0.717) is 0 Å². The van der Waals surface area contributed by atoms with Crippen LogP contribution in [0.1, 0.15) is 33.1 Å². The molecule has 0 bridgehead atoms. The van der Waals surface area contributed by atoms with Gasteiger partial charge in [0, 0.05) is 30.9 Å². The van der Waals surface area contributed by atoms with Crippen molar-refractivity contribution in [2.75, 3.05) is 25.4 Å². The Morgan fingerprint density at radius 3 is 2.79 bits per heavy atom. The van der Waals surface area contributed by atoms with Crippen molar-refractivity contribution in [3.63, 3.8) is 0 Å². The van der Waals surface area contributed by atoms with E-state index in [0.717, 1.165) is 43.0 Å². The van der Waals surface area contributed by atoms with Crippen molar-refractivity contribution in [2.24, 2.45) is 5.92 Å². The zero-order valence-corrected chi connectivity index (χ0v) is 12.1. The lowest BCUT2D eigenvalue weighted by molar-refractivity contribution is 0.208. The van der Waals surface area contributed by atoms with Crippen LogP contribution < -0.4 is 10.5 Å². The van der Waals surface area contributed by atoms with E-state index in [-0.39, 0.29) is 0 Å². The number of ether oxygens (including phenoxy) is 1. The molecule has 0 aromatic heterocycles. The number of anilines is 1. The molecule has 0 atom stereocenters. The lowest BCUT2D eigenvalue weighted by Gasteiger charge is -2.23. The highest BCUT2D eigenvalue weighted by atomic mass is 16.5. The van der Waals surface area contributed by atoms with Gasteiger partial charge in [0.2, 0.25) is 0 Å². The van der Waals surface area contributed by atoms with Crippen LogP contribution in [0.25, 0.3) is 0 Å². The van der Waals surface area contributed by atoms with Crippen LogP contribution in [0.15, 0.2) is 24.3 Å². The topological polar surface area (TPSA) is 38.5 Å². The Labute approximate surface area is 116 Å². The average Bonchev–Trinajstić information content (AvgIpc) is 3.17. The highest BCUT2D eigenvalue weighted by molar-refractivity contribution is 5.43. The molecule has 0 heterocycles. The predicted octanol–water partition coefficient (Wildman–Crippen LogP) is 3.16. The van der Waals surface area contributed by atoms with Gasteiger partial charge in [0.1, 0.15) is 5.75 Å². The van der Waals surface area contributed by atoms with Gasteiger partial charge in [0.05, 0.1) is 6.61 Å².